The minimum absolute atomic E-state index is 0.312. The van der Waals surface area contributed by atoms with Gasteiger partial charge in [-0.05, 0) is 31.2 Å². The molecule has 124 valence electrons. The number of aromatic nitrogens is 4. The minimum atomic E-state index is 0.312. The van der Waals surface area contributed by atoms with Crippen molar-refractivity contribution in [2.45, 2.75) is 6.92 Å². The Morgan fingerprint density at radius 1 is 0.923 bits per heavy atom. The monoisotopic (exact) mass is 339 g/mol. The molecule has 0 fully saturated rings. The van der Waals surface area contributed by atoms with Gasteiger partial charge in [0.1, 0.15) is 5.69 Å². The lowest BCUT2D eigenvalue weighted by Gasteiger charge is -2.05. The number of benzene rings is 2. The van der Waals surface area contributed by atoms with Crippen molar-refractivity contribution < 1.29 is 4.42 Å². The highest BCUT2D eigenvalue weighted by Gasteiger charge is 2.16. The molecular weight excluding hydrogens is 326 g/mol. The van der Waals surface area contributed by atoms with Crippen LogP contribution in [0.3, 0.4) is 0 Å². The van der Waals surface area contributed by atoms with Crippen molar-refractivity contribution in [3.63, 3.8) is 0 Å². The summed E-state index contributed by atoms with van der Waals surface area (Å²) in [6, 6.07) is 18.9. The van der Waals surface area contributed by atoms with E-state index in [0.717, 1.165) is 11.1 Å². The minimum Gasteiger partial charge on any atom is -0.415 e. The van der Waals surface area contributed by atoms with Gasteiger partial charge in [-0.1, -0.05) is 30.3 Å². The van der Waals surface area contributed by atoms with E-state index in [9.17, 15) is 0 Å². The second-order valence-corrected chi connectivity index (χ2v) is 5.66. The van der Waals surface area contributed by atoms with Gasteiger partial charge in [0.05, 0.1) is 29.2 Å². The van der Waals surface area contributed by atoms with Gasteiger partial charge in [0.15, 0.2) is 0 Å². The first-order valence-electron chi connectivity index (χ1n) is 7.98. The molecule has 0 N–H and O–H groups in total. The number of rotatable bonds is 3. The van der Waals surface area contributed by atoms with Crippen molar-refractivity contribution in [2.24, 2.45) is 0 Å². The zero-order valence-electron chi connectivity index (χ0n) is 13.9. The highest BCUT2D eigenvalue weighted by Crippen LogP contribution is 2.26. The zero-order valence-corrected chi connectivity index (χ0v) is 13.9. The van der Waals surface area contributed by atoms with E-state index in [4.69, 9.17) is 9.68 Å². The highest BCUT2D eigenvalue weighted by molar-refractivity contribution is 5.64. The lowest BCUT2D eigenvalue weighted by atomic mass is 10.1. The van der Waals surface area contributed by atoms with E-state index in [0.29, 0.717) is 34.4 Å². The molecule has 0 aliphatic rings. The van der Waals surface area contributed by atoms with Gasteiger partial charge in [0.2, 0.25) is 5.89 Å². The summed E-state index contributed by atoms with van der Waals surface area (Å²) in [6.07, 6.45) is 1.67. The van der Waals surface area contributed by atoms with E-state index in [1.54, 1.807) is 18.3 Å². The summed E-state index contributed by atoms with van der Waals surface area (Å²) in [5.74, 6) is 0.742. The Morgan fingerprint density at radius 2 is 1.69 bits per heavy atom. The summed E-state index contributed by atoms with van der Waals surface area (Å²) < 4.78 is 5.80. The van der Waals surface area contributed by atoms with Crippen LogP contribution in [0.2, 0.25) is 0 Å². The van der Waals surface area contributed by atoms with Crippen LogP contribution in [0.4, 0.5) is 0 Å². The summed E-state index contributed by atoms with van der Waals surface area (Å²) in [5.41, 5.74) is 4.07. The topological polar surface area (TPSA) is 88.5 Å². The molecule has 2 aromatic carbocycles. The second-order valence-electron chi connectivity index (χ2n) is 5.66. The molecule has 0 atom stereocenters. The maximum Gasteiger partial charge on any atom is 0.268 e. The van der Waals surface area contributed by atoms with Crippen LogP contribution in [-0.4, -0.2) is 20.2 Å². The largest absolute Gasteiger partial charge is 0.415 e. The lowest BCUT2D eigenvalue weighted by Crippen LogP contribution is -1.95. The van der Waals surface area contributed by atoms with E-state index < -0.39 is 0 Å². The smallest absolute Gasteiger partial charge is 0.268 e. The predicted octanol–water partition coefficient (Wildman–Crippen LogP) is 4.04. The van der Waals surface area contributed by atoms with Crippen LogP contribution < -0.4 is 0 Å². The molecule has 0 aliphatic carbocycles. The molecule has 0 aliphatic heterocycles. The SMILES string of the molecule is Cc1ncc(-c2cccc(C#N)c2)nc1-c1nnc(-c2ccccc2)o1. The van der Waals surface area contributed by atoms with Crippen molar-refractivity contribution >= 4 is 0 Å². The van der Waals surface area contributed by atoms with Crippen molar-refractivity contribution in [1.82, 2.24) is 20.2 Å². The Labute approximate surface area is 149 Å². The number of nitriles is 1. The third-order valence-electron chi connectivity index (χ3n) is 3.89. The Balaban J connectivity index is 1.76. The fraction of sp³-hybridized carbons (Fsp3) is 0.0500. The van der Waals surface area contributed by atoms with Crippen LogP contribution in [0.25, 0.3) is 34.3 Å². The first-order chi connectivity index (χ1) is 12.7. The van der Waals surface area contributed by atoms with Gasteiger partial charge in [0, 0.05) is 11.1 Å². The average molecular weight is 339 g/mol. The molecule has 26 heavy (non-hydrogen) atoms. The molecule has 0 bridgehead atoms. The van der Waals surface area contributed by atoms with Crippen molar-refractivity contribution in [1.29, 1.82) is 5.26 Å². The molecule has 0 spiro atoms. The molecule has 0 saturated carbocycles. The van der Waals surface area contributed by atoms with Crippen LogP contribution in [0.5, 0.6) is 0 Å². The number of hydrogen-bond donors (Lipinski definition) is 0. The van der Waals surface area contributed by atoms with Gasteiger partial charge in [-0.25, -0.2) is 4.98 Å². The van der Waals surface area contributed by atoms with E-state index in [1.165, 1.54) is 0 Å². The maximum absolute atomic E-state index is 9.08. The van der Waals surface area contributed by atoms with Crippen LogP contribution in [0.1, 0.15) is 11.3 Å². The van der Waals surface area contributed by atoms with E-state index in [-0.39, 0.29) is 0 Å². The summed E-state index contributed by atoms with van der Waals surface area (Å²) in [6.45, 7) is 1.84. The first-order valence-corrected chi connectivity index (χ1v) is 7.98. The van der Waals surface area contributed by atoms with Crippen molar-refractivity contribution in [2.75, 3.05) is 0 Å². The summed E-state index contributed by atoms with van der Waals surface area (Å²) in [5, 5.41) is 17.3. The molecule has 4 aromatic rings. The maximum atomic E-state index is 9.08. The quantitative estimate of drug-likeness (QED) is 0.559. The summed E-state index contributed by atoms with van der Waals surface area (Å²) in [7, 11) is 0. The van der Waals surface area contributed by atoms with Gasteiger partial charge in [-0.2, -0.15) is 5.26 Å². The molecule has 2 heterocycles. The van der Waals surface area contributed by atoms with Gasteiger partial charge in [-0.3, -0.25) is 4.98 Å². The molecule has 4 rings (SSSR count). The molecule has 6 heteroatoms. The zero-order chi connectivity index (χ0) is 17.9. The molecule has 0 radical (unpaired) electrons. The predicted molar refractivity (Wildman–Crippen MR) is 95.6 cm³/mol. The Morgan fingerprint density at radius 3 is 2.50 bits per heavy atom. The van der Waals surface area contributed by atoms with Gasteiger partial charge in [-0.15, -0.1) is 10.2 Å². The molecule has 0 amide bonds. The van der Waals surface area contributed by atoms with Crippen LogP contribution in [-0.2, 0) is 0 Å². The van der Waals surface area contributed by atoms with E-state index >= 15 is 0 Å². The van der Waals surface area contributed by atoms with Crippen LogP contribution in [0.15, 0.2) is 65.2 Å². The van der Waals surface area contributed by atoms with Crippen LogP contribution in [0, 0.1) is 18.3 Å². The highest BCUT2D eigenvalue weighted by atomic mass is 16.4. The summed E-state index contributed by atoms with van der Waals surface area (Å²) >= 11 is 0. The van der Waals surface area contributed by atoms with E-state index in [1.807, 2.05) is 49.4 Å². The first kappa shape index (κ1) is 15.7. The van der Waals surface area contributed by atoms with Gasteiger partial charge < -0.3 is 4.42 Å². The molecule has 0 saturated heterocycles. The third kappa shape index (κ3) is 2.94. The summed E-state index contributed by atoms with van der Waals surface area (Å²) in [4.78, 5) is 9.02. The third-order valence-corrected chi connectivity index (χ3v) is 3.89. The molecule has 2 aromatic heterocycles. The van der Waals surface area contributed by atoms with Gasteiger partial charge in [0.25, 0.3) is 5.89 Å². The Hall–Kier alpha value is -3.85. The van der Waals surface area contributed by atoms with Crippen molar-refractivity contribution in [3.05, 3.63) is 72.1 Å². The molecule has 0 unspecified atom stereocenters. The fourth-order valence-electron chi connectivity index (χ4n) is 2.56. The number of nitrogens with zero attached hydrogens (tertiary/aromatic N) is 5. The standard InChI is InChI=1S/C20H13N5O/c1-13-18(20-25-24-19(26-20)15-7-3-2-4-8-15)23-17(12-22-13)16-9-5-6-14(10-16)11-21/h2-10,12H,1H3. The average Bonchev–Trinajstić information content (AvgIpc) is 3.19. The van der Waals surface area contributed by atoms with Gasteiger partial charge >= 0.3 is 0 Å². The Bertz CT molecular complexity index is 1110. The normalized spacial score (nSPS) is 10.5. The molecule has 6 nitrogen and oxygen atoms in total. The van der Waals surface area contributed by atoms with Crippen molar-refractivity contribution in [3.8, 4) is 40.4 Å². The fourth-order valence-corrected chi connectivity index (χ4v) is 2.56. The van der Waals surface area contributed by atoms with E-state index in [2.05, 4.69) is 26.2 Å². The number of aryl methyl sites for hydroxylation is 1. The Kier molecular flexibility index (Phi) is 3.96. The number of hydrogen-bond acceptors (Lipinski definition) is 6. The molecular formula is C20H13N5O. The van der Waals surface area contributed by atoms with Crippen LogP contribution >= 0.6 is 0 Å². The lowest BCUT2D eigenvalue weighted by molar-refractivity contribution is 0.581. The second kappa shape index (κ2) is 6.57.